The summed E-state index contributed by atoms with van der Waals surface area (Å²) in [6, 6.07) is 12.1. The molecule has 2 heterocycles. The molecular weight excluding hydrogens is 390 g/mol. The number of carbonyl (C=O) groups excluding carboxylic acids is 2. The standard InChI is InChI=1S/C25H33N3O3/c1-5-20(6-2)23(29)28-14-15-31-25(18-28,24(30)27(3)4)16-19-9-11-21(12-10-19)22-8-7-13-26-17-22/h7-13,17,20H,5-6,14-16,18H2,1-4H3/t25-/m0/s1. The number of aromatic nitrogens is 1. The molecular formula is C25H33N3O3. The van der Waals surface area contributed by atoms with Crippen molar-refractivity contribution in [3.8, 4) is 11.1 Å². The number of morpholine rings is 1. The largest absolute Gasteiger partial charge is 0.361 e. The number of nitrogens with zero attached hydrogens (tertiary/aromatic N) is 3. The van der Waals surface area contributed by atoms with E-state index in [-0.39, 0.29) is 24.3 Å². The van der Waals surface area contributed by atoms with Crippen molar-refractivity contribution in [3.63, 3.8) is 0 Å². The van der Waals surface area contributed by atoms with E-state index < -0.39 is 5.60 Å². The summed E-state index contributed by atoms with van der Waals surface area (Å²) in [7, 11) is 3.47. The van der Waals surface area contributed by atoms with Crippen LogP contribution in [0.1, 0.15) is 32.3 Å². The molecule has 6 nitrogen and oxygen atoms in total. The van der Waals surface area contributed by atoms with Gasteiger partial charge < -0.3 is 14.5 Å². The van der Waals surface area contributed by atoms with E-state index in [1.807, 2.05) is 61.3 Å². The van der Waals surface area contributed by atoms with Crippen molar-refractivity contribution in [2.75, 3.05) is 33.8 Å². The van der Waals surface area contributed by atoms with Gasteiger partial charge in [-0.3, -0.25) is 14.6 Å². The van der Waals surface area contributed by atoms with Crippen LogP contribution in [0.5, 0.6) is 0 Å². The third-order valence-electron chi connectivity index (χ3n) is 6.07. The lowest BCUT2D eigenvalue weighted by molar-refractivity contribution is -0.174. The molecule has 1 fully saturated rings. The third kappa shape index (κ3) is 5.13. The molecule has 2 amide bonds. The first-order chi connectivity index (χ1) is 14.9. The number of carbonyl (C=O) groups is 2. The monoisotopic (exact) mass is 423 g/mol. The van der Waals surface area contributed by atoms with Crippen LogP contribution in [0.2, 0.25) is 0 Å². The predicted molar refractivity (Wildman–Crippen MR) is 121 cm³/mol. The van der Waals surface area contributed by atoms with Gasteiger partial charge in [-0.25, -0.2) is 0 Å². The van der Waals surface area contributed by atoms with E-state index in [1.54, 1.807) is 25.2 Å². The Morgan fingerprint density at radius 2 is 1.84 bits per heavy atom. The fourth-order valence-corrected chi connectivity index (χ4v) is 4.27. The van der Waals surface area contributed by atoms with Gasteiger partial charge in [-0.1, -0.05) is 44.2 Å². The minimum Gasteiger partial charge on any atom is -0.361 e. The van der Waals surface area contributed by atoms with Crippen molar-refractivity contribution in [1.82, 2.24) is 14.8 Å². The quantitative estimate of drug-likeness (QED) is 0.685. The molecule has 1 aliphatic rings. The van der Waals surface area contributed by atoms with Crippen LogP contribution in [0.4, 0.5) is 0 Å². The number of ether oxygens (including phenoxy) is 1. The van der Waals surface area contributed by atoms with E-state index in [0.717, 1.165) is 29.5 Å². The fraction of sp³-hybridized carbons (Fsp3) is 0.480. The van der Waals surface area contributed by atoms with Crippen LogP contribution in [-0.2, 0) is 20.7 Å². The van der Waals surface area contributed by atoms with E-state index in [2.05, 4.69) is 4.98 Å². The van der Waals surface area contributed by atoms with Gasteiger partial charge in [0.2, 0.25) is 5.91 Å². The molecule has 1 atom stereocenters. The second-order valence-corrected chi connectivity index (χ2v) is 8.43. The summed E-state index contributed by atoms with van der Waals surface area (Å²) >= 11 is 0. The molecule has 31 heavy (non-hydrogen) atoms. The Balaban J connectivity index is 1.85. The molecule has 0 saturated carbocycles. The van der Waals surface area contributed by atoms with Crippen molar-refractivity contribution >= 4 is 11.8 Å². The molecule has 6 heteroatoms. The molecule has 0 spiro atoms. The summed E-state index contributed by atoms with van der Waals surface area (Å²) in [5.74, 6) is 0.00561. The molecule has 1 aromatic heterocycles. The minimum atomic E-state index is -1.07. The van der Waals surface area contributed by atoms with Crippen LogP contribution >= 0.6 is 0 Å². The smallest absolute Gasteiger partial charge is 0.256 e. The van der Waals surface area contributed by atoms with Gasteiger partial charge in [-0.15, -0.1) is 0 Å². The summed E-state index contributed by atoms with van der Waals surface area (Å²) in [5, 5.41) is 0. The maximum atomic E-state index is 13.2. The summed E-state index contributed by atoms with van der Waals surface area (Å²) in [4.78, 5) is 33.8. The van der Waals surface area contributed by atoms with Gasteiger partial charge in [-0.2, -0.15) is 0 Å². The third-order valence-corrected chi connectivity index (χ3v) is 6.07. The highest BCUT2D eigenvalue weighted by Crippen LogP contribution is 2.28. The zero-order chi connectivity index (χ0) is 22.4. The Labute approximate surface area is 185 Å². The van der Waals surface area contributed by atoms with E-state index in [1.165, 1.54) is 0 Å². The molecule has 1 saturated heterocycles. The highest BCUT2D eigenvalue weighted by Gasteiger charge is 2.46. The lowest BCUT2D eigenvalue weighted by atomic mass is 9.89. The summed E-state index contributed by atoms with van der Waals surface area (Å²) < 4.78 is 6.14. The second kappa shape index (κ2) is 10.1. The molecule has 3 rings (SSSR count). The first-order valence-corrected chi connectivity index (χ1v) is 11.0. The zero-order valence-electron chi connectivity index (χ0n) is 19.0. The molecule has 166 valence electrons. The van der Waals surface area contributed by atoms with Gasteiger partial charge in [0.1, 0.15) is 0 Å². The normalized spacial score (nSPS) is 18.8. The number of amides is 2. The predicted octanol–water partition coefficient (Wildman–Crippen LogP) is 3.41. The maximum Gasteiger partial charge on any atom is 0.256 e. The number of pyridine rings is 1. The fourth-order valence-electron chi connectivity index (χ4n) is 4.27. The van der Waals surface area contributed by atoms with Gasteiger partial charge in [0.25, 0.3) is 5.91 Å². The zero-order valence-corrected chi connectivity index (χ0v) is 19.0. The Bertz CT molecular complexity index is 879. The van der Waals surface area contributed by atoms with Crippen molar-refractivity contribution < 1.29 is 14.3 Å². The van der Waals surface area contributed by atoms with Crippen LogP contribution in [0.3, 0.4) is 0 Å². The van der Waals surface area contributed by atoms with Crippen molar-refractivity contribution in [3.05, 3.63) is 54.4 Å². The van der Waals surface area contributed by atoms with Gasteiger partial charge in [0.15, 0.2) is 5.60 Å². The summed E-state index contributed by atoms with van der Waals surface area (Å²) in [5.41, 5.74) is 2.04. The van der Waals surface area contributed by atoms with Gasteiger partial charge in [-0.05, 0) is 35.6 Å². The topological polar surface area (TPSA) is 62.7 Å². The lowest BCUT2D eigenvalue weighted by Gasteiger charge is -2.43. The number of hydrogen-bond acceptors (Lipinski definition) is 4. The van der Waals surface area contributed by atoms with Crippen molar-refractivity contribution in [2.24, 2.45) is 5.92 Å². The molecule has 1 aliphatic heterocycles. The van der Waals surface area contributed by atoms with Crippen LogP contribution in [0.15, 0.2) is 48.8 Å². The highest BCUT2D eigenvalue weighted by atomic mass is 16.5. The summed E-state index contributed by atoms with van der Waals surface area (Å²) in [6.07, 6.45) is 5.61. The Morgan fingerprint density at radius 3 is 2.42 bits per heavy atom. The molecule has 0 unspecified atom stereocenters. The number of likely N-dealkylation sites (N-methyl/N-ethyl adjacent to an activating group) is 1. The van der Waals surface area contributed by atoms with Crippen LogP contribution < -0.4 is 0 Å². The molecule has 0 bridgehead atoms. The Morgan fingerprint density at radius 1 is 1.13 bits per heavy atom. The second-order valence-electron chi connectivity index (χ2n) is 8.43. The van der Waals surface area contributed by atoms with E-state index in [4.69, 9.17) is 4.74 Å². The van der Waals surface area contributed by atoms with E-state index in [0.29, 0.717) is 19.6 Å². The van der Waals surface area contributed by atoms with E-state index in [9.17, 15) is 9.59 Å². The molecule has 1 aromatic carbocycles. The number of hydrogen-bond donors (Lipinski definition) is 0. The van der Waals surface area contributed by atoms with Crippen molar-refractivity contribution in [2.45, 2.75) is 38.7 Å². The number of benzene rings is 1. The average Bonchev–Trinajstić information content (AvgIpc) is 2.80. The van der Waals surface area contributed by atoms with Crippen LogP contribution in [0.25, 0.3) is 11.1 Å². The molecule has 0 radical (unpaired) electrons. The molecule has 0 aliphatic carbocycles. The van der Waals surface area contributed by atoms with E-state index >= 15 is 0 Å². The average molecular weight is 424 g/mol. The highest BCUT2D eigenvalue weighted by molar-refractivity contribution is 5.87. The summed E-state index contributed by atoms with van der Waals surface area (Å²) in [6.45, 7) is 5.24. The van der Waals surface area contributed by atoms with Crippen LogP contribution in [-0.4, -0.2) is 66.0 Å². The number of rotatable bonds is 7. The van der Waals surface area contributed by atoms with Gasteiger partial charge in [0, 0.05) is 45.4 Å². The minimum absolute atomic E-state index is 0.0102. The van der Waals surface area contributed by atoms with Gasteiger partial charge in [0.05, 0.1) is 13.2 Å². The maximum absolute atomic E-state index is 13.2. The van der Waals surface area contributed by atoms with Crippen LogP contribution in [0, 0.1) is 5.92 Å². The Kier molecular flexibility index (Phi) is 7.44. The molecule has 2 aromatic rings. The Hall–Kier alpha value is -2.73. The van der Waals surface area contributed by atoms with Gasteiger partial charge >= 0.3 is 0 Å². The SMILES string of the molecule is CCC(CC)C(=O)N1CCO[C@](Cc2ccc(-c3cccnc3)cc2)(C(=O)N(C)C)C1. The molecule has 0 N–H and O–H groups in total. The first kappa shape index (κ1) is 22.9. The first-order valence-electron chi connectivity index (χ1n) is 11.0. The lowest BCUT2D eigenvalue weighted by Crippen LogP contribution is -2.62. The van der Waals surface area contributed by atoms with Crippen molar-refractivity contribution in [1.29, 1.82) is 0 Å².